The molecule has 4 rings (SSSR count). The second kappa shape index (κ2) is 13.4. The molecule has 3 N–H and O–H groups in total. The molecule has 2 atom stereocenters. The Labute approximate surface area is 233 Å². The maximum absolute atomic E-state index is 13.6. The molecule has 0 heterocycles. The van der Waals surface area contributed by atoms with Crippen molar-refractivity contribution in [2.75, 3.05) is 6.54 Å². The van der Waals surface area contributed by atoms with Crippen LogP contribution >= 0.6 is 0 Å². The summed E-state index contributed by atoms with van der Waals surface area (Å²) in [6.45, 7) is 2.19. The van der Waals surface area contributed by atoms with Crippen LogP contribution in [0.5, 0.6) is 0 Å². The van der Waals surface area contributed by atoms with Crippen LogP contribution in [0.4, 0.5) is 8.78 Å². The van der Waals surface area contributed by atoms with Gasteiger partial charge in [-0.05, 0) is 58.5 Å². The third-order valence-corrected chi connectivity index (χ3v) is 7.06. The first-order valence-corrected chi connectivity index (χ1v) is 13.5. The van der Waals surface area contributed by atoms with Crippen molar-refractivity contribution in [1.82, 2.24) is 4.90 Å². The van der Waals surface area contributed by atoms with Crippen LogP contribution in [0.3, 0.4) is 0 Å². The molecule has 0 aliphatic carbocycles. The summed E-state index contributed by atoms with van der Waals surface area (Å²) in [6, 6.07) is 23.3. The van der Waals surface area contributed by atoms with Crippen molar-refractivity contribution in [3.05, 3.63) is 119 Å². The molecule has 0 saturated heterocycles. The maximum Gasteiger partial charge on any atom is 0.223 e. The Morgan fingerprint density at radius 1 is 0.825 bits per heavy atom. The molecule has 0 radical (unpaired) electrons. The summed E-state index contributed by atoms with van der Waals surface area (Å²) in [4.78, 5) is 27.8. The van der Waals surface area contributed by atoms with Crippen molar-refractivity contribution in [2.24, 2.45) is 5.73 Å². The fraction of sp³-hybridized carbons (Fsp3) is 0.273. The van der Waals surface area contributed by atoms with E-state index in [1.165, 1.54) is 17.0 Å². The van der Waals surface area contributed by atoms with Gasteiger partial charge in [-0.15, -0.1) is 0 Å². The van der Waals surface area contributed by atoms with E-state index >= 15 is 0 Å². The first-order valence-electron chi connectivity index (χ1n) is 13.5. The van der Waals surface area contributed by atoms with Crippen LogP contribution in [0, 0.1) is 11.6 Å². The highest BCUT2D eigenvalue weighted by Crippen LogP contribution is 2.19. The molecule has 0 aromatic heterocycles. The zero-order valence-corrected chi connectivity index (χ0v) is 22.5. The number of Topliss-reactive ketones (excluding diaryl/α,β-unsaturated/α-hetero) is 1. The number of nitrogens with two attached hydrogens (primary N) is 1. The Hall–Kier alpha value is -3.94. The molecular weight excluding hydrogens is 510 g/mol. The van der Waals surface area contributed by atoms with Gasteiger partial charge in [-0.2, -0.15) is 0 Å². The third kappa shape index (κ3) is 7.81. The number of aliphatic hydroxyl groups is 1. The highest BCUT2D eigenvalue weighted by atomic mass is 19.1. The van der Waals surface area contributed by atoms with Crippen LogP contribution < -0.4 is 5.73 Å². The number of ketones is 1. The lowest BCUT2D eigenvalue weighted by molar-refractivity contribution is -0.133. The summed E-state index contributed by atoms with van der Waals surface area (Å²) < 4.78 is 27.3. The van der Waals surface area contributed by atoms with E-state index in [0.29, 0.717) is 11.1 Å². The molecule has 0 aliphatic rings. The van der Waals surface area contributed by atoms with Gasteiger partial charge >= 0.3 is 0 Å². The zero-order valence-electron chi connectivity index (χ0n) is 22.5. The molecule has 40 heavy (non-hydrogen) atoms. The Kier molecular flexibility index (Phi) is 9.74. The van der Waals surface area contributed by atoms with Crippen LogP contribution in [0.1, 0.15) is 46.8 Å². The number of amides is 1. The second-order valence-electron chi connectivity index (χ2n) is 10.1. The van der Waals surface area contributed by atoms with Crippen molar-refractivity contribution >= 4 is 22.5 Å². The Morgan fingerprint density at radius 2 is 1.52 bits per heavy atom. The van der Waals surface area contributed by atoms with Crippen molar-refractivity contribution in [3.63, 3.8) is 0 Å². The minimum Gasteiger partial charge on any atom is -0.390 e. The average molecular weight is 545 g/mol. The Balaban J connectivity index is 1.45. The number of carbonyl (C=O) groups is 2. The Bertz CT molecular complexity index is 1470. The molecule has 1 amide bonds. The summed E-state index contributed by atoms with van der Waals surface area (Å²) >= 11 is 0. The van der Waals surface area contributed by atoms with Gasteiger partial charge < -0.3 is 15.7 Å². The number of carbonyl (C=O) groups excluding carboxylic acids is 2. The fourth-order valence-electron chi connectivity index (χ4n) is 4.81. The number of hydrogen-bond donors (Lipinski definition) is 2. The topological polar surface area (TPSA) is 83.6 Å². The van der Waals surface area contributed by atoms with Crippen LogP contribution in [0.2, 0.25) is 0 Å². The molecule has 0 spiro atoms. The van der Waals surface area contributed by atoms with E-state index in [4.69, 9.17) is 5.73 Å². The number of rotatable bonds is 12. The SMILES string of the molecule is CCc1cccc(CN(C[C@@H](O)[C@@H](N)Cc2cc(F)cc(F)c2)C(=O)CCC(=O)c2ccc3ccccc3c2)c1. The zero-order chi connectivity index (χ0) is 28.6. The van der Waals surface area contributed by atoms with Gasteiger partial charge in [-0.25, -0.2) is 8.78 Å². The van der Waals surface area contributed by atoms with Crippen molar-refractivity contribution in [1.29, 1.82) is 0 Å². The third-order valence-electron chi connectivity index (χ3n) is 7.06. The number of aryl methyl sites for hydroxylation is 1. The van der Waals surface area contributed by atoms with Gasteiger partial charge in [0.05, 0.1) is 6.10 Å². The lowest BCUT2D eigenvalue weighted by Crippen LogP contribution is -2.46. The lowest BCUT2D eigenvalue weighted by atomic mass is 10.00. The van der Waals surface area contributed by atoms with Gasteiger partial charge in [0.15, 0.2) is 5.78 Å². The summed E-state index contributed by atoms with van der Waals surface area (Å²) in [5.41, 5.74) is 9.05. The van der Waals surface area contributed by atoms with Gasteiger partial charge in [-0.1, -0.05) is 67.6 Å². The smallest absolute Gasteiger partial charge is 0.223 e. The van der Waals surface area contributed by atoms with Crippen LogP contribution in [0.15, 0.2) is 84.9 Å². The number of halogens is 2. The van der Waals surface area contributed by atoms with Crippen molar-refractivity contribution < 1.29 is 23.5 Å². The fourth-order valence-corrected chi connectivity index (χ4v) is 4.81. The number of nitrogens with zero attached hydrogens (tertiary/aromatic N) is 1. The summed E-state index contributed by atoms with van der Waals surface area (Å²) in [7, 11) is 0. The van der Waals surface area contributed by atoms with E-state index in [1.54, 1.807) is 6.07 Å². The molecular formula is C33H34F2N2O3. The predicted molar refractivity (Wildman–Crippen MR) is 153 cm³/mol. The van der Waals surface area contributed by atoms with E-state index in [-0.39, 0.29) is 44.0 Å². The van der Waals surface area contributed by atoms with E-state index in [2.05, 4.69) is 0 Å². The normalized spacial score (nSPS) is 12.7. The van der Waals surface area contributed by atoms with Crippen LogP contribution in [-0.4, -0.2) is 40.4 Å². The molecule has 0 fully saturated rings. The van der Waals surface area contributed by atoms with Gasteiger partial charge in [0, 0.05) is 43.6 Å². The number of hydrogen-bond acceptors (Lipinski definition) is 4. The molecule has 0 aliphatic heterocycles. The molecule has 7 heteroatoms. The van der Waals surface area contributed by atoms with Crippen molar-refractivity contribution in [2.45, 2.75) is 51.3 Å². The highest BCUT2D eigenvalue weighted by Gasteiger charge is 2.24. The van der Waals surface area contributed by atoms with Gasteiger partial charge in [0.25, 0.3) is 0 Å². The summed E-state index contributed by atoms with van der Waals surface area (Å²) in [5.74, 6) is -1.88. The maximum atomic E-state index is 13.6. The molecule has 0 unspecified atom stereocenters. The van der Waals surface area contributed by atoms with Gasteiger partial charge in [-0.3, -0.25) is 9.59 Å². The molecule has 208 valence electrons. The van der Waals surface area contributed by atoms with Gasteiger partial charge in [0.1, 0.15) is 11.6 Å². The summed E-state index contributed by atoms with van der Waals surface area (Å²) in [5, 5.41) is 12.9. The first kappa shape index (κ1) is 29.1. The van der Waals surface area contributed by atoms with E-state index < -0.39 is 23.8 Å². The first-order chi connectivity index (χ1) is 19.2. The monoisotopic (exact) mass is 544 g/mol. The molecule has 4 aromatic rings. The van der Waals surface area contributed by atoms with E-state index in [0.717, 1.165) is 34.4 Å². The minimum absolute atomic E-state index is 0.0212. The molecule has 0 bridgehead atoms. The standard InChI is InChI=1S/C33H34F2N2O3/c1-2-22-6-5-7-23(14-22)20-37(21-32(39)30(36)17-24-15-28(34)19-29(35)16-24)33(40)13-12-31(38)27-11-10-25-8-3-4-9-26(25)18-27/h3-11,14-16,18-19,30,32,39H,2,12-13,17,20-21,36H2,1H3/t30-,32+/m0/s1. The predicted octanol–water partition coefficient (Wildman–Crippen LogP) is 5.60. The van der Waals surface area contributed by atoms with E-state index in [1.807, 2.05) is 67.6 Å². The Morgan fingerprint density at radius 3 is 2.25 bits per heavy atom. The average Bonchev–Trinajstić information content (AvgIpc) is 2.94. The number of fused-ring (bicyclic) bond motifs is 1. The summed E-state index contributed by atoms with van der Waals surface area (Å²) in [6.07, 6.45) is -0.298. The second-order valence-corrected chi connectivity index (χ2v) is 10.1. The minimum atomic E-state index is -1.15. The van der Waals surface area contributed by atoms with Crippen LogP contribution in [-0.2, 0) is 24.2 Å². The number of benzene rings is 4. The van der Waals surface area contributed by atoms with Gasteiger partial charge in [0.2, 0.25) is 5.91 Å². The van der Waals surface area contributed by atoms with Crippen molar-refractivity contribution in [3.8, 4) is 0 Å². The molecule has 0 saturated carbocycles. The van der Waals surface area contributed by atoms with E-state index in [9.17, 15) is 23.5 Å². The highest BCUT2D eigenvalue weighted by molar-refractivity contribution is 6.01. The number of aliphatic hydroxyl groups excluding tert-OH is 1. The lowest BCUT2D eigenvalue weighted by Gasteiger charge is -2.28. The molecule has 5 nitrogen and oxygen atoms in total. The quantitative estimate of drug-likeness (QED) is 0.227. The van der Waals surface area contributed by atoms with Crippen LogP contribution in [0.25, 0.3) is 10.8 Å². The molecule has 4 aromatic carbocycles. The largest absolute Gasteiger partial charge is 0.390 e.